The average molecular weight is 373 g/mol. The topological polar surface area (TPSA) is 43.4 Å². The highest BCUT2D eigenvalue weighted by Gasteiger charge is 2.49. The Kier molecular flexibility index (Phi) is 4.08. The van der Waals surface area contributed by atoms with Crippen molar-refractivity contribution in [2.45, 2.75) is 29.9 Å². The fraction of sp³-hybridized carbons (Fsp3) is 0.294. The monoisotopic (exact) mass is 372 g/mol. The van der Waals surface area contributed by atoms with Crippen LogP contribution in [0.5, 0.6) is 5.75 Å². The summed E-state index contributed by atoms with van der Waals surface area (Å²) in [6.45, 7) is 3.00. The summed E-state index contributed by atoms with van der Waals surface area (Å²) < 4.78 is 58.6. The predicted molar refractivity (Wildman–Crippen MR) is 87.2 cm³/mol. The molecular formula is C17H15ClF2O3S. The summed E-state index contributed by atoms with van der Waals surface area (Å²) in [4.78, 5) is 0.0471. The van der Waals surface area contributed by atoms with Gasteiger partial charge in [0.05, 0.1) is 17.1 Å². The molecule has 0 saturated carbocycles. The van der Waals surface area contributed by atoms with Crippen LogP contribution in [0.15, 0.2) is 35.2 Å². The van der Waals surface area contributed by atoms with Crippen molar-refractivity contribution in [3.8, 4) is 5.75 Å². The minimum atomic E-state index is -4.01. The van der Waals surface area contributed by atoms with E-state index in [-0.39, 0.29) is 29.2 Å². The largest absolute Gasteiger partial charge is 0.490 e. The van der Waals surface area contributed by atoms with E-state index in [4.69, 9.17) is 16.3 Å². The molecule has 0 amide bonds. The molecule has 128 valence electrons. The van der Waals surface area contributed by atoms with E-state index in [0.717, 1.165) is 12.1 Å². The molecule has 24 heavy (non-hydrogen) atoms. The number of aryl methyl sites for hydroxylation is 1. The first kappa shape index (κ1) is 17.2. The zero-order valence-corrected chi connectivity index (χ0v) is 14.6. The molecule has 1 unspecified atom stereocenters. The lowest BCUT2D eigenvalue weighted by Crippen LogP contribution is -2.39. The molecule has 2 aromatic rings. The van der Waals surface area contributed by atoms with Crippen LogP contribution in [0.25, 0.3) is 0 Å². The molecule has 0 fully saturated rings. The van der Waals surface area contributed by atoms with Gasteiger partial charge >= 0.3 is 0 Å². The van der Waals surface area contributed by atoms with Crippen molar-refractivity contribution in [1.82, 2.24) is 0 Å². The third kappa shape index (κ3) is 2.40. The third-order valence-corrected chi connectivity index (χ3v) is 7.30. The summed E-state index contributed by atoms with van der Waals surface area (Å²) >= 11 is 5.89. The highest BCUT2D eigenvalue weighted by molar-refractivity contribution is 7.92. The molecule has 0 N–H and O–H groups in total. The molecule has 7 heteroatoms. The Labute approximate surface area is 144 Å². The van der Waals surface area contributed by atoms with E-state index in [1.165, 1.54) is 25.1 Å². The SMILES string of the molecule is Cc1cc(Cl)ccc1S(=O)(=O)C1(C)CCOc2c(F)ccc(F)c21. The first-order valence-corrected chi connectivity index (χ1v) is 9.16. The van der Waals surface area contributed by atoms with Gasteiger partial charge in [-0.05, 0) is 49.7 Å². The molecule has 2 aromatic carbocycles. The van der Waals surface area contributed by atoms with Crippen molar-refractivity contribution in [3.63, 3.8) is 0 Å². The molecule has 0 spiro atoms. The maximum Gasteiger partial charge on any atom is 0.188 e. The van der Waals surface area contributed by atoms with Crippen LogP contribution in [0.4, 0.5) is 8.78 Å². The van der Waals surface area contributed by atoms with Gasteiger partial charge in [-0.25, -0.2) is 17.2 Å². The second-order valence-corrected chi connectivity index (χ2v) is 8.76. The molecular weight excluding hydrogens is 358 g/mol. The summed E-state index contributed by atoms with van der Waals surface area (Å²) in [5.74, 6) is -1.91. The summed E-state index contributed by atoms with van der Waals surface area (Å²) in [5.41, 5.74) is 0.191. The van der Waals surface area contributed by atoms with Crippen LogP contribution in [0.2, 0.25) is 5.02 Å². The number of benzene rings is 2. The second-order valence-electron chi connectivity index (χ2n) is 5.98. The van der Waals surface area contributed by atoms with Gasteiger partial charge in [-0.1, -0.05) is 11.6 Å². The van der Waals surface area contributed by atoms with E-state index >= 15 is 0 Å². The predicted octanol–water partition coefficient (Wildman–Crippen LogP) is 4.40. The lowest BCUT2D eigenvalue weighted by atomic mass is 9.93. The van der Waals surface area contributed by atoms with E-state index < -0.39 is 26.2 Å². The fourth-order valence-electron chi connectivity index (χ4n) is 3.07. The van der Waals surface area contributed by atoms with Crippen molar-refractivity contribution < 1.29 is 21.9 Å². The number of hydrogen-bond donors (Lipinski definition) is 0. The molecule has 1 aliphatic heterocycles. The Morgan fingerprint density at radius 2 is 1.83 bits per heavy atom. The first-order chi connectivity index (χ1) is 11.2. The number of rotatable bonds is 2. The van der Waals surface area contributed by atoms with Crippen molar-refractivity contribution >= 4 is 21.4 Å². The molecule has 3 rings (SSSR count). The molecule has 0 aromatic heterocycles. The number of halogens is 3. The third-order valence-electron chi connectivity index (χ3n) is 4.43. The Hall–Kier alpha value is -1.66. The van der Waals surface area contributed by atoms with Crippen LogP contribution in [0, 0.1) is 18.6 Å². The lowest BCUT2D eigenvalue weighted by Gasteiger charge is -2.35. The molecule has 1 heterocycles. The molecule has 0 bridgehead atoms. The van der Waals surface area contributed by atoms with Gasteiger partial charge in [0.15, 0.2) is 21.4 Å². The first-order valence-electron chi connectivity index (χ1n) is 7.30. The average Bonchev–Trinajstić information content (AvgIpc) is 2.50. The minimum absolute atomic E-state index is 0.0181. The van der Waals surface area contributed by atoms with E-state index in [2.05, 4.69) is 0 Å². The van der Waals surface area contributed by atoms with Crippen LogP contribution in [0.1, 0.15) is 24.5 Å². The molecule has 0 saturated heterocycles. The van der Waals surface area contributed by atoms with Crippen LogP contribution < -0.4 is 4.74 Å². The van der Waals surface area contributed by atoms with Crippen LogP contribution in [-0.2, 0) is 14.6 Å². The molecule has 1 aliphatic rings. The molecule has 0 radical (unpaired) electrons. The second kappa shape index (κ2) is 5.70. The van der Waals surface area contributed by atoms with Crippen molar-refractivity contribution in [1.29, 1.82) is 0 Å². The zero-order valence-electron chi connectivity index (χ0n) is 13.1. The van der Waals surface area contributed by atoms with E-state index in [1.54, 1.807) is 6.92 Å². The van der Waals surface area contributed by atoms with Crippen LogP contribution in [-0.4, -0.2) is 15.0 Å². The standard InChI is InChI=1S/C17H15ClF2O3S/c1-10-9-11(18)3-6-14(10)24(21,22)17(2)7-8-23-16-13(20)5-4-12(19)15(16)17/h3-6,9H,7-8H2,1-2H3. The number of sulfone groups is 1. The van der Waals surface area contributed by atoms with Crippen molar-refractivity contribution in [3.05, 3.63) is 58.1 Å². The van der Waals surface area contributed by atoms with Gasteiger partial charge in [0.1, 0.15) is 10.6 Å². The highest BCUT2D eigenvalue weighted by Crippen LogP contribution is 2.48. The van der Waals surface area contributed by atoms with Gasteiger partial charge in [0.25, 0.3) is 0 Å². The van der Waals surface area contributed by atoms with Gasteiger partial charge < -0.3 is 4.74 Å². The lowest BCUT2D eigenvalue weighted by molar-refractivity contribution is 0.239. The number of fused-ring (bicyclic) bond motifs is 1. The summed E-state index contributed by atoms with van der Waals surface area (Å²) in [6, 6.07) is 6.24. The Balaban J connectivity index is 2.28. The molecule has 3 nitrogen and oxygen atoms in total. The van der Waals surface area contributed by atoms with Gasteiger partial charge in [-0.15, -0.1) is 0 Å². The molecule has 1 atom stereocenters. The zero-order chi connectivity index (χ0) is 17.7. The maximum atomic E-state index is 14.4. The highest BCUT2D eigenvalue weighted by atomic mass is 35.5. The maximum absolute atomic E-state index is 14.4. The van der Waals surface area contributed by atoms with Gasteiger partial charge in [0, 0.05) is 11.4 Å². The Morgan fingerprint density at radius 3 is 2.50 bits per heavy atom. The van der Waals surface area contributed by atoms with Crippen molar-refractivity contribution in [2.24, 2.45) is 0 Å². The van der Waals surface area contributed by atoms with Crippen LogP contribution >= 0.6 is 11.6 Å². The van der Waals surface area contributed by atoms with E-state index in [9.17, 15) is 17.2 Å². The summed E-state index contributed by atoms with van der Waals surface area (Å²) in [5, 5.41) is 0.404. The Morgan fingerprint density at radius 1 is 1.17 bits per heavy atom. The van der Waals surface area contributed by atoms with Gasteiger partial charge in [-0.3, -0.25) is 0 Å². The van der Waals surface area contributed by atoms with Gasteiger partial charge in [0.2, 0.25) is 0 Å². The minimum Gasteiger partial charge on any atom is -0.490 e. The molecule has 0 aliphatic carbocycles. The smallest absolute Gasteiger partial charge is 0.188 e. The van der Waals surface area contributed by atoms with Crippen molar-refractivity contribution in [2.75, 3.05) is 6.61 Å². The Bertz CT molecular complexity index is 928. The normalized spacial score (nSPS) is 20.4. The van der Waals surface area contributed by atoms with Crippen LogP contribution in [0.3, 0.4) is 0 Å². The summed E-state index contributed by atoms with van der Waals surface area (Å²) in [6.07, 6.45) is 0.0186. The number of ether oxygens (including phenoxy) is 1. The summed E-state index contributed by atoms with van der Waals surface area (Å²) in [7, 11) is -4.01. The van der Waals surface area contributed by atoms with Gasteiger partial charge in [-0.2, -0.15) is 0 Å². The number of hydrogen-bond acceptors (Lipinski definition) is 3. The van der Waals surface area contributed by atoms with E-state index in [1.807, 2.05) is 0 Å². The van der Waals surface area contributed by atoms with E-state index in [0.29, 0.717) is 10.6 Å². The quantitative estimate of drug-likeness (QED) is 0.784. The fourth-order valence-corrected chi connectivity index (χ4v) is 5.32.